The number of rotatable bonds is 5. The molecule has 1 amide bonds. The van der Waals surface area contributed by atoms with E-state index < -0.39 is 11.9 Å². The van der Waals surface area contributed by atoms with Crippen LogP contribution in [0.25, 0.3) is 0 Å². The van der Waals surface area contributed by atoms with Gasteiger partial charge in [0, 0.05) is 0 Å². The third-order valence-electron chi connectivity index (χ3n) is 3.73. The van der Waals surface area contributed by atoms with E-state index in [1.807, 2.05) is 0 Å². The summed E-state index contributed by atoms with van der Waals surface area (Å²) in [4.78, 5) is 36.8. The Bertz CT molecular complexity index is 625. The molecule has 0 atom stereocenters. The minimum atomic E-state index is -0.597. The number of anilines is 1. The van der Waals surface area contributed by atoms with E-state index in [-0.39, 0.29) is 29.3 Å². The fourth-order valence-electron chi connectivity index (χ4n) is 2.44. The molecule has 1 aromatic carbocycles. The molecule has 1 heterocycles. The SMILES string of the molecule is COC(=O)c1ccc(C(=O)OC)c(NC(=O)C[NH+]2CCOCC2)c1. The minimum absolute atomic E-state index is 0.176. The van der Waals surface area contributed by atoms with Crippen LogP contribution >= 0.6 is 0 Å². The first-order valence-electron chi connectivity index (χ1n) is 7.57. The lowest BCUT2D eigenvalue weighted by molar-refractivity contribution is -0.899. The van der Waals surface area contributed by atoms with Crippen molar-refractivity contribution >= 4 is 23.5 Å². The normalized spacial score (nSPS) is 14.8. The highest BCUT2D eigenvalue weighted by atomic mass is 16.5. The molecule has 1 fully saturated rings. The number of nitrogens with one attached hydrogen (secondary N) is 2. The van der Waals surface area contributed by atoms with Gasteiger partial charge in [0.2, 0.25) is 0 Å². The monoisotopic (exact) mass is 337 g/mol. The largest absolute Gasteiger partial charge is 0.465 e. The summed E-state index contributed by atoms with van der Waals surface area (Å²) >= 11 is 0. The van der Waals surface area contributed by atoms with Crippen LogP contribution in [0.2, 0.25) is 0 Å². The molecule has 24 heavy (non-hydrogen) atoms. The highest BCUT2D eigenvalue weighted by Crippen LogP contribution is 2.19. The predicted octanol–water partition coefficient (Wildman–Crippen LogP) is -0.887. The fraction of sp³-hybridized carbons (Fsp3) is 0.438. The van der Waals surface area contributed by atoms with Crippen molar-refractivity contribution in [3.63, 3.8) is 0 Å². The molecule has 130 valence electrons. The Labute approximate surface area is 139 Å². The quantitative estimate of drug-likeness (QED) is 0.677. The number of quaternary nitrogens is 1. The van der Waals surface area contributed by atoms with Crippen molar-refractivity contribution < 1.29 is 33.5 Å². The number of carbonyl (C=O) groups is 3. The summed E-state index contributed by atoms with van der Waals surface area (Å²) < 4.78 is 14.6. The zero-order valence-electron chi connectivity index (χ0n) is 13.7. The third-order valence-corrected chi connectivity index (χ3v) is 3.73. The molecular formula is C16H21N2O6+. The highest BCUT2D eigenvalue weighted by molar-refractivity contribution is 6.03. The number of amides is 1. The van der Waals surface area contributed by atoms with Gasteiger partial charge in [0.25, 0.3) is 5.91 Å². The number of methoxy groups -OCH3 is 2. The molecule has 0 aromatic heterocycles. The first kappa shape index (κ1) is 17.9. The number of benzene rings is 1. The lowest BCUT2D eigenvalue weighted by atomic mass is 10.1. The van der Waals surface area contributed by atoms with Crippen LogP contribution in [0.4, 0.5) is 5.69 Å². The van der Waals surface area contributed by atoms with Gasteiger partial charge in [-0.25, -0.2) is 9.59 Å². The Hall–Kier alpha value is -2.45. The number of hydrogen-bond acceptors (Lipinski definition) is 6. The summed E-state index contributed by atoms with van der Waals surface area (Å²) in [7, 11) is 2.51. The van der Waals surface area contributed by atoms with Gasteiger partial charge in [0.1, 0.15) is 13.1 Å². The first-order valence-corrected chi connectivity index (χ1v) is 7.57. The zero-order valence-corrected chi connectivity index (χ0v) is 13.7. The van der Waals surface area contributed by atoms with Crippen LogP contribution in [0, 0.1) is 0 Å². The molecule has 2 rings (SSSR count). The topological polar surface area (TPSA) is 95.4 Å². The molecule has 0 spiro atoms. The van der Waals surface area contributed by atoms with E-state index in [9.17, 15) is 14.4 Å². The van der Waals surface area contributed by atoms with Crippen molar-refractivity contribution in [1.82, 2.24) is 0 Å². The van der Waals surface area contributed by atoms with Crippen molar-refractivity contribution in [3.8, 4) is 0 Å². The van der Waals surface area contributed by atoms with Gasteiger partial charge in [-0.05, 0) is 18.2 Å². The highest BCUT2D eigenvalue weighted by Gasteiger charge is 2.21. The van der Waals surface area contributed by atoms with Crippen LogP contribution in [-0.4, -0.2) is 64.9 Å². The lowest BCUT2D eigenvalue weighted by Gasteiger charge is -2.23. The number of ether oxygens (including phenoxy) is 3. The van der Waals surface area contributed by atoms with Crippen molar-refractivity contribution in [2.24, 2.45) is 0 Å². The smallest absolute Gasteiger partial charge is 0.339 e. The molecule has 0 bridgehead atoms. The van der Waals surface area contributed by atoms with Crippen LogP contribution in [0.15, 0.2) is 18.2 Å². The molecule has 0 unspecified atom stereocenters. The molecule has 8 nitrogen and oxygen atoms in total. The third kappa shape index (κ3) is 4.53. The summed E-state index contributed by atoms with van der Waals surface area (Å²) in [5.41, 5.74) is 0.636. The van der Waals surface area contributed by atoms with Crippen molar-refractivity contribution in [1.29, 1.82) is 0 Å². The van der Waals surface area contributed by atoms with Crippen molar-refractivity contribution in [2.45, 2.75) is 0 Å². The molecule has 0 aliphatic carbocycles. The average Bonchev–Trinajstić information content (AvgIpc) is 2.61. The Morgan fingerprint density at radius 2 is 1.79 bits per heavy atom. The predicted molar refractivity (Wildman–Crippen MR) is 84.1 cm³/mol. The second-order valence-electron chi connectivity index (χ2n) is 5.33. The van der Waals surface area contributed by atoms with E-state index in [1.54, 1.807) is 0 Å². The molecule has 1 aliphatic rings. The van der Waals surface area contributed by atoms with E-state index in [0.717, 1.165) is 18.0 Å². The molecule has 1 aliphatic heterocycles. The van der Waals surface area contributed by atoms with Crippen LogP contribution in [0.5, 0.6) is 0 Å². The van der Waals surface area contributed by atoms with Crippen LogP contribution in [-0.2, 0) is 19.0 Å². The van der Waals surface area contributed by atoms with Gasteiger partial charge in [-0.1, -0.05) is 0 Å². The first-order chi connectivity index (χ1) is 11.5. The van der Waals surface area contributed by atoms with Gasteiger partial charge in [-0.2, -0.15) is 0 Å². The second-order valence-corrected chi connectivity index (χ2v) is 5.33. The number of carbonyl (C=O) groups excluding carboxylic acids is 3. The van der Waals surface area contributed by atoms with Gasteiger partial charge >= 0.3 is 11.9 Å². The van der Waals surface area contributed by atoms with Crippen LogP contribution < -0.4 is 10.2 Å². The maximum atomic E-state index is 12.3. The molecule has 1 saturated heterocycles. The van der Waals surface area contributed by atoms with Crippen molar-refractivity contribution in [3.05, 3.63) is 29.3 Å². The molecule has 0 radical (unpaired) electrons. The van der Waals surface area contributed by atoms with E-state index in [4.69, 9.17) is 9.47 Å². The van der Waals surface area contributed by atoms with Gasteiger partial charge in [-0.3, -0.25) is 4.79 Å². The molecule has 2 N–H and O–H groups in total. The Balaban J connectivity index is 2.16. The summed E-state index contributed by atoms with van der Waals surface area (Å²) in [6.07, 6.45) is 0. The van der Waals surface area contributed by atoms with Gasteiger partial charge in [0.05, 0.1) is 44.2 Å². The maximum Gasteiger partial charge on any atom is 0.339 e. The van der Waals surface area contributed by atoms with Gasteiger partial charge < -0.3 is 24.4 Å². The number of morpholine rings is 1. The number of hydrogen-bond donors (Lipinski definition) is 2. The lowest BCUT2D eigenvalue weighted by Crippen LogP contribution is -3.15. The standard InChI is InChI=1S/C16H20N2O6/c1-22-15(20)11-3-4-12(16(21)23-2)13(9-11)17-14(19)10-18-5-7-24-8-6-18/h3-4,9H,5-8,10H2,1-2H3,(H,17,19)/p+1. The summed E-state index contributed by atoms with van der Waals surface area (Å²) in [5.74, 6) is -1.40. The summed E-state index contributed by atoms with van der Waals surface area (Å²) in [5, 5.41) is 2.68. The van der Waals surface area contributed by atoms with E-state index >= 15 is 0 Å². The summed E-state index contributed by atoms with van der Waals surface area (Å²) in [6.45, 7) is 2.99. The van der Waals surface area contributed by atoms with Crippen LogP contribution in [0.3, 0.4) is 0 Å². The fourth-order valence-corrected chi connectivity index (χ4v) is 2.44. The second kappa shape index (κ2) is 8.42. The zero-order chi connectivity index (χ0) is 17.5. The Kier molecular flexibility index (Phi) is 6.28. The molecule has 1 aromatic rings. The maximum absolute atomic E-state index is 12.3. The van der Waals surface area contributed by atoms with E-state index in [2.05, 4.69) is 10.1 Å². The average molecular weight is 337 g/mol. The van der Waals surface area contributed by atoms with E-state index in [0.29, 0.717) is 13.2 Å². The Morgan fingerprint density at radius 1 is 1.12 bits per heavy atom. The molecule has 8 heteroatoms. The van der Waals surface area contributed by atoms with Crippen molar-refractivity contribution in [2.75, 3.05) is 52.4 Å². The number of esters is 2. The summed E-state index contributed by atoms with van der Waals surface area (Å²) in [6, 6.07) is 4.28. The molecular weight excluding hydrogens is 316 g/mol. The van der Waals surface area contributed by atoms with E-state index in [1.165, 1.54) is 32.4 Å². The Morgan fingerprint density at radius 3 is 2.42 bits per heavy atom. The minimum Gasteiger partial charge on any atom is -0.465 e. The van der Waals surface area contributed by atoms with Crippen LogP contribution in [0.1, 0.15) is 20.7 Å². The van der Waals surface area contributed by atoms with Gasteiger partial charge in [0.15, 0.2) is 6.54 Å². The van der Waals surface area contributed by atoms with Gasteiger partial charge in [-0.15, -0.1) is 0 Å². The molecule has 0 saturated carbocycles.